The number of rotatable bonds is 9. The molecule has 1 heterocycles. The first kappa shape index (κ1) is 24.3. The molecule has 0 radical (unpaired) electrons. The van der Waals surface area contributed by atoms with Crippen molar-refractivity contribution >= 4 is 57.6 Å². The van der Waals surface area contributed by atoms with Crippen LogP contribution in [0.15, 0.2) is 77.7 Å². The normalized spacial score (nSPS) is 14.6. The van der Waals surface area contributed by atoms with Gasteiger partial charge in [-0.2, -0.15) is 0 Å². The van der Waals surface area contributed by atoms with Crippen molar-refractivity contribution in [2.24, 2.45) is 0 Å². The number of anilines is 1. The van der Waals surface area contributed by atoms with Gasteiger partial charge in [0.15, 0.2) is 4.32 Å². The maximum Gasteiger partial charge on any atom is 0.270 e. The number of nitrogens with zero attached hydrogens (tertiary/aromatic N) is 1. The van der Waals surface area contributed by atoms with Gasteiger partial charge in [0.1, 0.15) is 11.5 Å². The molecule has 0 unspecified atom stereocenters. The number of ether oxygens (including phenoxy) is 2. The highest BCUT2D eigenvalue weighted by molar-refractivity contribution is 8.27. The van der Waals surface area contributed by atoms with Crippen molar-refractivity contribution in [3.63, 3.8) is 0 Å². The Bertz CT molecular complexity index is 1200. The first-order chi connectivity index (χ1) is 16.5. The molecule has 3 aromatic rings. The third kappa shape index (κ3) is 6.00. The molecule has 34 heavy (non-hydrogen) atoms. The molecule has 0 saturated carbocycles. The number of carbonyl (C=O) groups is 1. The Morgan fingerprint density at radius 1 is 1.00 bits per heavy atom. The zero-order valence-electron chi connectivity index (χ0n) is 18.7. The molecule has 174 valence electrons. The summed E-state index contributed by atoms with van der Waals surface area (Å²) in [7, 11) is 0. The van der Waals surface area contributed by atoms with E-state index in [4.69, 9.17) is 33.3 Å². The minimum absolute atomic E-state index is 0.158. The van der Waals surface area contributed by atoms with Gasteiger partial charge in [-0.1, -0.05) is 72.8 Å². The predicted molar refractivity (Wildman–Crippen MR) is 145 cm³/mol. The number of hydrogen-bond donors (Lipinski definition) is 0. The number of carbonyl (C=O) groups excluding carboxylic acids is 1. The largest absolute Gasteiger partial charge is 0.493 e. The summed E-state index contributed by atoms with van der Waals surface area (Å²) in [6, 6.07) is 22.9. The van der Waals surface area contributed by atoms with E-state index >= 15 is 0 Å². The van der Waals surface area contributed by atoms with Crippen molar-refractivity contribution in [2.75, 3.05) is 18.1 Å². The Kier molecular flexibility index (Phi) is 8.27. The molecule has 3 aromatic carbocycles. The molecule has 1 aliphatic heterocycles. The van der Waals surface area contributed by atoms with E-state index in [0.29, 0.717) is 39.6 Å². The second kappa shape index (κ2) is 11.6. The smallest absolute Gasteiger partial charge is 0.270 e. The van der Waals surface area contributed by atoms with E-state index in [9.17, 15) is 4.79 Å². The van der Waals surface area contributed by atoms with Gasteiger partial charge in [0.2, 0.25) is 0 Å². The number of para-hydroxylation sites is 1. The lowest BCUT2D eigenvalue weighted by molar-refractivity contribution is -0.113. The second-order valence-corrected chi connectivity index (χ2v) is 9.70. The van der Waals surface area contributed by atoms with Crippen LogP contribution in [0, 0.1) is 0 Å². The maximum atomic E-state index is 13.1. The van der Waals surface area contributed by atoms with E-state index in [1.54, 1.807) is 23.1 Å². The van der Waals surface area contributed by atoms with Crippen LogP contribution in [0.25, 0.3) is 6.08 Å². The van der Waals surface area contributed by atoms with Gasteiger partial charge in [0, 0.05) is 17.0 Å². The van der Waals surface area contributed by atoms with Crippen LogP contribution in [0.3, 0.4) is 0 Å². The van der Waals surface area contributed by atoms with Crippen molar-refractivity contribution in [3.8, 4) is 11.5 Å². The summed E-state index contributed by atoms with van der Waals surface area (Å²) in [6.07, 6.45) is 3.51. The summed E-state index contributed by atoms with van der Waals surface area (Å²) >= 11 is 13.0. The Morgan fingerprint density at radius 2 is 1.74 bits per heavy atom. The first-order valence-electron chi connectivity index (χ1n) is 11.0. The monoisotopic (exact) mass is 509 g/mol. The Labute approximate surface area is 214 Å². The van der Waals surface area contributed by atoms with Crippen LogP contribution < -0.4 is 14.4 Å². The van der Waals surface area contributed by atoms with Crippen LogP contribution in [0.5, 0.6) is 11.5 Å². The Hall–Kier alpha value is -2.80. The van der Waals surface area contributed by atoms with Crippen molar-refractivity contribution in [3.05, 3.63) is 93.9 Å². The highest BCUT2D eigenvalue weighted by atomic mass is 35.5. The SMILES string of the molecule is CCc1ccc(OCCCOc2ccc(Cl)cc2/C=C2\SC(=S)N(c3ccccc3)C2=O)cc1. The highest BCUT2D eigenvalue weighted by Crippen LogP contribution is 2.37. The number of amides is 1. The molecule has 1 saturated heterocycles. The lowest BCUT2D eigenvalue weighted by atomic mass is 10.1. The van der Waals surface area contributed by atoms with Crippen LogP contribution in [-0.4, -0.2) is 23.4 Å². The average molecular weight is 510 g/mol. The molecule has 0 aliphatic carbocycles. The lowest BCUT2D eigenvalue weighted by Crippen LogP contribution is -2.27. The zero-order chi connectivity index (χ0) is 23.9. The van der Waals surface area contributed by atoms with E-state index in [2.05, 4.69) is 19.1 Å². The number of halogens is 1. The Morgan fingerprint density at radius 3 is 2.47 bits per heavy atom. The fraction of sp³-hybridized carbons (Fsp3) is 0.185. The van der Waals surface area contributed by atoms with E-state index in [-0.39, 0.29) is 5.91 Å². The van der Waals surface area contributed by atoms with E-state index in [1.165, 1.54) is 17.3 Å². The zero-order valence-corrected chi connectivity index (χ0v) is 21.1. The molecule has 4 nitrogen and oxygen atoms in total. The first-order valence-corrected chi connectivity index (χ1v) is 12.6. The standard InChI is InChI=1S/C27H24ClNO3S2/c1-2-19-9-12-23(13-10-19)31-15-6-16-32-24-14-11-21(28)17-20(24)18-25-26(30)29(27(33)34-25)22-7-4-3-5-8-22/h3-5,7-14,17-18H,2,6,15-16H2,1H3/b25-18-. The molecule has 7 heteroatoms. The molecular formula is C27H24ClNO3S2. The van der Waals surface area contributed by atoms with Gasteiger partial charge in [-0.15, -0.1) is 0 Å². The number of thiocarbonyl (C=S) groups is 1. The van der Waals surface area contributed by atoms with Crippen LogP contribution in [0.2, 0.25) is 5.02 Å². The quantitative estimate of drug-likeness (QED) is 0.174. The van der Waals surface area contributed by atoms with Gasteiger partial charge in [0.05, 0.1) is 23.8 Å². The van der Waals surface area contributed by atoms with Crippen LogP contribution in [-0.2, 0) is 11.2 Å². The molecule has 0 aromatic heterocycles. The molecule has 0 bridgehead atoms. The predicted octanol–water partition coefficient (Wildman–Crippen LogP) is 7.16. The van der Waals surface area contributed by atoms with Crippen molar-refractivity contribution in [1.82, 2.24) is 0 Å². The average Bonchev–Trinajstić information content (AvgIpc) is 3.13. The summed E-state index contributed by atoms with van der Waals surface area (Å²) in [5.41, 5.74) is 2.77. The molecule has 1 aliphatic rings. The fourth-order valence-corrected chi connectivity index (χ4v) is 4.90. The van der Waals surface area contributed by atoms with Gasteiger partial charge >= 0.3 is 0 Å². The maximum absolute atomic E-state index is 13.1. The van der Waals surface area contributed by atoms with Gasteiger partial charge in [0.25, 0.3) is 5.91 Å². The lowest BCUT2D eigenvalue weighted by Gasteiger charge is -2.14. The summed E-state index contributed by atoms with van der Waals surface area (Å²) < 4.78 is 12.3. The summed E-state index contributed by atoms with van der Waals surface area (Å²) in [6.45, 7) is 3.15. The highest BCUT2D eigenvalue weighted by Gasteiger charge is 2.33. The number of benzene rings is 3. The Balaban J connectivity index is 1.39. The van der Waals surface area contributed by atoms with Gasteiger partial charge in [-0.05, 0) is 60.5 Å². The van der Waals surface area contributed by atoms with Gasteiger partial charge < -0.3 is 9.47 Å². The molecular weight excluding hydrogens is 486 g/mol. The summed E-state index contributed by atoms with van der Waals surface area (Å²) in [5.74, 6) is 1.35. The van der Waals surface area contributed by atoms with E-state index in [1.807, 2.05) is 48.5 Å². The third-order valence-electron chi connectivity index (χ3n) is 5.21. The number of thioether (sulfide) groups is 1. The van der Waals surface area contributed by atoms with Gasteiger partial charge in [-0.25, -0.2) is 0 Å². The van der Waals surface area contributed by atoms with E-state index in [0.717, 1.165) is 23.4 Å². The minimum atomic E-state index is -0.158. The molecule has 4 rings (SSSR count). The third-order valence-corrected chi connectivity index (χ3v) is 6.75. The number of hydrogen-bond acceptors (Lipinski definition) is 5. The topological polar surface area (TPSA) is 38.8 Å². The van der Waals surface area contributed by atoms with Crippen LogP contribution >= 0.6 is 35.6 Å². The fourth-order valence-electron chi connectivity index (χ4n) is 3.42. The number of aryl methyl sites for hydroxylation is 1. The molecule has 1 amide bonds. The molecule has 1 fully saturated rings. The van der Waals surface area contributed by atoms with Crippen LogP contribution in [0.4, 0.5) is 5.69 Å². The molecule has 0 N–H and O–H groups in total. The second-order valence-electron chi connectivity index (χ2n) is 7.58. The van der Waals surface area contributed by atoms with Crippen molar-refractivity contribution in [1.29, 1.82) is 0 Å². The minimum Gasteiger partial charge on any atom is -0.493 e. The summed E-state index contributed by atoms with van der Waals surface area (Å²) in [4.78, 5) is 15.1. The molecule has 0 atom stereocenters. The van der Waals surface area contributed by atoms with Gasteiger partial charge in [-0.3, -0.25) is 9.69 Å². The molecule has 0 spiro atoms. The summed E-state index contributed by atoms with van der Waals surface area (Å²) in [5, 5.41) is 0.566. The van der Waals surface area contributed by atoms with Crippen molar-refractivity contribution in [2.45, 2.75) is 19.8 Å². The van der Waals surface area contributed by atoms with Crippen LogP contribution in [0.1, 0.15) is 24.5 Å². The van der Waals surface area contributed by atoms with E-state index < -0.39 is 0 Å². The van der Waals surface area contributed by atoms with Crippen molar-refractivity contribution < 1.29 is 14.3 Å².